The van der Waals surface area contributed by atoms with Gasteiger partial charge < -0.3 is 10.2 Å². The molecule has 4 nitrogen and oxygen atoms in total. The molecule has 2 atom stereocenters. The van der Waals surface area contributed by atoms with Crippen LogP contribution < -0.4 is 5.32 Å². The second-order valence-corrected chi connectivity index (χ2v) is 5.14. The molecule has 0 aliphatic carbocycles. The van der Waals surface area contributed by atoms with Crippen molar-refractivity contribution < 1.29 is 4.79 Å². The van der Waals surface area contributed by atoms with E-state index in [1.54, 1.807) is 0 Å². The number of nitriles is 1. The zero-order valence-corrected chi connectivity index (χ0v) is 11.1. The highest BCUT2D eigenvalue weighted by molar-refractivity contribution is 5.81. The fourth-order valence-electron chi connectivity index (χ4n) is 2.23. The van der Waals surface area contributed by atoms with Gasteiger partial charge in [0.05, 0.1) is 6.07 Å². The predicted octanol–water partition coefficient (Wildman–Crippen LogP) is 1.24. The predicted molar refractivity (Wildman–Crippen MR) is 67.2 cm³/mol. The number of nitrogens with zero attached hydrogens (tertiary/aromatic N) is 2. The van der Waals surface area contributed by atoms with Crippen LogP contribution in [0.3, 0.4) is 0 Å². The standard InChI is InChI=1S/C13H23N3O/c1-4-16-6-5-11(9-16)8-15-13(17)12(7-14)10(2)3/h10-12H,4-6,8-9H2,1-3H3,(H,15,17). The van der Waals surface area contributed by atoms with Crippen molar-refractivity contribution in [2.24, 2.45) is 17.8 Å². The van der Waals surface area contributed by atoms with Crippen LogP contribution in [0, 0.1) is 29.1 Å². The molecule has 0 bridgehead atoms. The van der Waals surface area contributed by atoms with Crippen molar-refractivity contribution in [3.63, 3.8) is 0 Å². The molecular formula is C13H23N3O. The van der Waals surface area contributed by atoms with E-state index in [2.05, 4.69) is 23.2 Å². The summed E-state index contributed by atoms with van der Waals surface area (Å²) in [4.78, 5) is 14.2. The van der Waals surface area contributed by atoms with Gasteiger partial charge in [-0.2, -0.15) is 5.26 Å². The van der Waals surface area contributed by atoms with Crippen molar-refractivity contribution in [1.29, 1.82) is 5.26 Å². The molecule has 0 aromatic carbocycles. The summed E-state index contributed by atoms with van der Waals surface area (Å²) < 4.78 is 0. The molecule has 1 rings (SSSR count). The summed E-state index contributed by atoms with van der Waals surface area (Å²) in [6.07, 6.45) is 1.15. The van der Waals surface area contributed by atoms with E-state index in [1.165, 1.54) is 0 Å². The molecule has 1 N–H and O–H groups in total. The molecule has 1 heterocycles. The minimum Gasteiger partial charge on any atom is -0.355 e. The molecule has 1 aliphatic rings. The van der Waals surface area contributed by atoms with Crippen molar-refractivity contribution >= 4 is 5.91 Å². The van der Waals surface area contributed by atoms with Gasteiger partial charge in [0.15, 0.2) is 0 Å². The molecule has 0 saturated carbocycles. The quantitative estimate of drug-likeness (QED) is 0.782. The molecular weight excluding hydrogens is 214 g/mol. The van der Waals surface area contributed by atoms with E-state index in [-0.39, 0.29) is 11.8 Å². The van der Waals surface area contributed by atoms with Crippen LogP contribution in [-0.2, 0) is 4.79 Å². The molecule has 96 valence electrons. The number of likely N-dealkylation sites (tertiary alicyclic amines) is 1. The van der Waals surface area contributed by atoms with Gasteiger partial charge in [-0.1, -0.05) is 20.8 Å². The summed E-state index contributed by atoms with van der Waals surface area (Å²) >= 11 is 0. The summed E-state index contributed by atoms with van der Waals surface area (Å²) in [5.74, 6) is -0.00254. The highest BCUT2D eigenvalue weighted by Gasteiger charge is 2.25. The summed E-state index contributed by atoms with van der Waals surface area (Å²) in [6, 6.07) is 2.07. The number of hydrogen-bond donors (Lipinski definition) is 1. The molecule has 1 aliphatic heterocycles. The molecule has 0 radical (unpaired) electrons. The Morgan fingerprint density at radius 2 is 2.29 bits per heavy atom. The fourth-order valence-corrected chi connectivity index (χ4v) is 2.23. The Hall–Kier alpha value is -1.08. The summed E-state index contributed by atoms with van der Waals surface area (Å²) in [5, 5.41) is 11.8. The van der Waals surface area contributed by atoms with E-state index < -0.39 is 5.92 Å². The van der Waals surface area contributed by atoms with Gasteiger partial charge in [0.25, 0.3) is 0 Å². The van der Waals surface area contributed by atoms with Gasteiger partial charge in [-0.3, -0.25) is 4.79 Å². The number of nitrogens with one attached hydrogen (secondary N) is 1. The molecule has 1 fully saturated rings. The van der Waals surface area contributed by atoms with E-state index in [0.29, 0.717) is 12.5 Å². The molecule has 0 aromatic heterocycles. The first-order valence-corrected chi connectivity index (χ1v) is 6.48. The summed E-state index contributed by atoms with van der Waals surface area (Å²) in [7, 11) is 0. The summed E-state index contributed by atoms with van der Waals surface area (Å²) in [5.41, 5.74) is 0. The second kappa shape index (κ2) is 6.61. The first kappa shape index (κ1) is 14.0. The average Bonchev–Trinajstić information content (AvgIpc) is 2.74. The van der Waals surface area contributed by atoms with E-state index in [9.17, 15) is 4.79 Å². The molecule has 0 aromatic rings. The van der Waals surface area contributed by atoms with Crippen LogP contribution in [0.1, 0.15) is 27.2 Å². The van der Waals surface area contributed by atoms with Crippen molar-refractivity contribution in [3.8, 4) is 6.07 Å². The molecule has 1 amide bonds. The third-order valence-corrected chi connectivity index (χ3v) is 3.47. The number of hydrogen-bond acceptors (Lipinski definition) is 3. The largest absolute Gasteiger partial charge is 0.355 e. The Labute approximate surface area is 104 Å². The van der Waals surface area contributed by atoms with Gasteiger partial charge in [-0.25, -0.2) is 0 Å². The normalized spacial score (nSPS) is 22.4. The third-order valence-electron chi connectivity index (χ3n) is 3.47. The van der Waals surface area contributed by atoms with E-state index in [0.717, 1.165) is 26.1 Å². The zero-order valence-electron chi connectivity index (χ0n) is 11.1. The highest BCUT2D eigenvalue weighted by atomic mass is 16.1. The van der Waals surface area contributed by atoms with Crippen LogP contribution in [0.2, 0.25) is 0 Å². The van der Waals surface area contributed by atoms with Crippen molar-refractivity contribution in [2.75, 3.05) is 26.2 Å². The van der Waals surface area contributed by atoms with Crippen LogP contribution in [0.4, 0.5) is 0 Å². The molecule has 17 heavy (non-hydrogen) atoms. The van der Waals surface area contributed by atoms with Crippen LogP contribution in [-0.4, -0.2) is 37.0 Å². The van der Waals surface area contributed by atoms with Gasteiger partial charge in [0.1, 0.15) is 5.92 Å². The van der Waals surface area contributed by atoms with Crippen molar-refractivity contribution in [1.82, 2.24) is 10.2 Å². The molecule has 2 unspecified atom stereocenters. The monoisotopic (exact) mass is 237 g/mol. The maximum Gasteiger partial charge on any atom is 0.237 e. The van der Waals surface area contributed by atoms with Gasteiger partial charge >= 0.3 is 0 Å². The lowest BCUT2D eigenvalue weighted by Gasteiger charge is -2.16. The number of amides is 1. The number of carbonyl (C=O) groups excluding carboxylic acids is 1. The Balaban J connectivity index is 2.31. The van der Waals surface area contributed by atoms with Gasteiger partial charge in [-0.05, 0) is 31.3 Å². The zero-order chi connectivity index (χ0) is 12.8. The summed E-state index contributed by atoms with van der Waals surface area (Å²) in [6.45, 7) is 9.95. The minimum absolute atomic E-state index is 0.0794. The van der Waals surface area contributed by atoms with Crippen LogP contribution >= 0.6 is 0 Å². The Morgan fingerprint density at radius 1 is 1.59 bits per heavy atom. The van der Waals surface area contributed by atoms with E-state index >= 15 is 0 Å². The van der Waals surface area contributed by atoms with Crippen LogP contribution in [0.25, 0.3) is 0 Å². The van der Waals surface area contributed by atoms with E-state index in [1.807, 2.05) is 13.8 Å². The lowest BCUT2D eigenvalue weighted by Crippen LogP contribution is -2.36. The highest BCUT2D eigenvalue weighted by Crippen LogP contribution is 2.15. The smallest absolute Gasteiger partial charge is 0.237 e. The van der Waals surface area contributed by atoms with Crippen LogP contribution in [0.5, 0.6) is 0 Å². The van der Waals surface area contributed by atoms with Crippen molar-refractivity contribution in [2.45, 2.75) is 27.2 Å². The van der Waals surface area contributed by atoms with Crippen molar-refractivity contribution in [3.05, 3.63) is 0 Å². The number of rotatable bonds is 5. The maximum atomic E-state index is 11.8. The average molecular weight is 237 g/mol. The van der Waals surface area contributed by atoms with Gasteiger partial charge in [0, 0.05) is 13.1 Å². The molecule has 0 spiro atoms. The van der Waals surface area contributed by atoms with Crippen LogP contribution in [0.15, 0.2) is 0 Å². The van der Waals surface area contributed by atoms with Gasteiger partial charge in [0.2, 0.25) is 5.91 Å². The molecule has 4 heteroatoms. The topological polar surface area (TPSA) is 56.1 Å². The first-order valence-electron chi connectivity index (χ1n) is 6.48. The Bertz CT molecular complexity index is 296. The lowest BCUT2D eigenvalue weighted by atomic mass is 9.96. The SMILES string of the molecule is CCN1CCC(CNC(=O)C(C#N)C(C)C)C1. The minimum atomic E-state index is -0.515. The maximum absolute atomic E-state index is 11.8. The Kier molecular flexibility index (Phi) is 5.43. The lowest BCUT2D eigenvalue weighted by molar-refractivity contribution is -0.124. The first-order chi connectivity index (χ1) is 8.08. The number of carbonyl (C=O) groups is 1. The third kappa shape index (κ3) is 4.01. The van der Waals surface area contributed by atoms with E-state index in [4.69, 9.17) is 5.26 Å². The second-order valence-electron chi connectivity index (χ2n) is 5.14. The Morgan fingerprint density at radius 3 is 2.76 bits per heavy atom. The van der Waals surface area contributed by atoms with Gasteiger partial charge in [-0.15, -0.1) is 0 Å². The molecule has 1 saturated heterocycles. The fraction of sp³-hybridized carbons (Fsp3) is 0.846.